The molecule has 1 aromatic rings. The van der Waals surface area contributed by atoms with Crippen molar-refractivity contribution in [2.45, 2.75) is 50.3 Å². The third-order valence-corrected chi connectivity index (χ3v) is 4.48. The lowest BCUT2D eigenvalue weighted by atomic mass is 10.0. The van der Waals surface area contributed by atoms with E-state index in [2.05, 4.69) is 35.0 Å². The third-order valence-electron chi connectivity index (χ3n) is 3.49. The number of rotatable bonds is 7. The lowest BCUT2D eigenvalue weighted by molar-refractivity contribution is 0.171. The molecule has 2 nitrogen and oxygen atoms in total. The maximum Gasteiger partial charge on any atom is 0.161 e. The van der Waals surface area contributed by atoms with E-state index in [9.17, 15) is 0 Å². The van der Waals surface area contributed by atoms with Crippen LogP contribution >= 0.6 is 15.9 Å². The van der Waals surface area contributed by atoms with Crippen molar-refractivity contribution in [1.82, 2.24) is 0 Å². The molecule has 1 aromatic carbocycles. The molecule has 0 spiro atoms. The average molecular weight is 327 g/mol. The minimum Gasteiger partial charge on any atom is -0.486 e. The molecular formula is C16H23BrO2. The van der Waals surface area contributed by atoms with Crippen molar-refractivity contribution in [1.29, 1.82) is 0 Å². The van der Waals surface area contributed by atoms with Crippen LogP contribution in [-0.2, 0) is 0 Å². The summed E-state index contributed by atoms with van der Waals surface area (Å²) in [7, 11) is 0. The second kappa shape index (κ2) is 7.78. The summed E-state index contributed by atoms with van der Waals surface area (Å²) in [6.07, 6.45) is 7.82. The predicted octanol–water partition coefficient (Wildman–Crippen LogP) is 5.25. The van der Waals surface area contributed by atoms with E-state index >= 15 is 0 Å². The second-order valence-electron chi connectivity index (χ2n) is 5.07. The van der Waals surface area contributed by atoms with Crippen LogP contribution in [0.4, 0.5) is 0 Å². The van der Waals surface area contributed by atoms with Gasteiger partial charge in [0.15, 0.2) is 11.5 Å². The molecule has 0 saturated heterocycles. The largest absolute Gasteiger partial charge is 0.486 e. The van der Waals surface area contributed by atoms with Gasteiger partial charge >= 0.3 is 0 Å². The molecule has 0 radical (unpaired) electrons. The predicted molar refractivity (Wildman–Crippen MR) is 82.5 cm³/mol. The molecule has 1 aliphatic heterocycles. The van der Waals surface area contributed by atoms with Gasteiger partial charge in [-0.05, 0) is 24.1 Å². The molecule has 0 bridgehead atoms. The summed E-state index contributed by atoms with van der Waals surface area (Å²) in [5, 5.41) is 0. The van der Waals surface area contributed by atoms with Gasteiger partial charge in [-0.25, -0.2) is 0 Å². The monoisotopic (exact) mass is 326 g/mol. The molecule has 0 saturated carbocycles. The second-order valence-corrected chi connectivity index (χ2v) is 6.18. The van der Waals surface area contributed by atoms with Crippen LogP contribution < -0.4 is 9.47 Å². The van der Waals surface area contributed by atoms with Crippen LogP contribution in [0.5, 0.6) is 11.5 Å². The van der Waals surface area contributed by atoms with Gasteiger partial charge in [0.1, 0.15) is 13.2 Å². The molecule has 106 valence electrons. The van der Waals surface area contributed by atoms with Gasteiger partial charge < -0.3 is 9.47 Å². The first kappa shape index (κ1) is 14.7. The number of fused-ring (bicyclic) bond motifs is 1. The van der Waals surface area contributed by atoms with Gasteiger partial charge in [0.25, 0.3) is 0 Å². The molecule has 3 heteroatoms. The van der Waals surface area contributed by atoms with Crippen molar-refractivity contribution >= 4 is 15.9 Å². The zero-order valence-electron chi connectivity index (χ0n) is 11.7. The van der Waals surface area contributed by atoms with E-state index in [1.165, 1.54) is 44.1 Å². The van der Waals surface area contributed by atoms with Crippen LogP contribution in [0, 0.1) is 0 Å². The minimum atomic E-state index is 0.421. The van der Waals surface area contributed by atoms with Crippen molar-refractivity contribution in [3.05, 3.63) is 23.8 Å². The van der Waals surface area contributed by atoms with Crippen LogP contribution in [0.3, 0.4) is 0 Å². The van der Waals surface area contributed by atoms with Gasteiger partial charge in [-0.3, -0.25) is 0 Å². The molecule has 2 rings (SSSR count). The Labute approximate surface area is 124 Å². The molecule has 0 aliphatic carbocycles. The lowest BCUT2D eigenvalue weighted by Gasteiger charge is -2.20. The Balaban J connectivity index is 1.83. The number of hydrogen-bond acceptors (Lipinski definition) is 2. The van der Waals surface area contributed by atoms with Gasteiger partial charge in [-0.1, -0.05) is 61.0 Å². The summed E-state index contributed by atoms with van der Waals surface area (Å²) in [5.41, 5.74) is 1.29. The van der Waals surface area contributed by atoms with Gasteiger partial charge in [-0.2, -0.15) is 0 Å². The molecule has 1 heterocycles. The van der Waals surface area contributed by atoms with Crippen LogP contribution in [0.15, 0.2) is 18.2 Å². The average Bonchev–Trinajstić information content (AvgIpc) is 2.46. The number of hydrogen-bond donors (Lipinski definition) is 0. The first-order chi connectivity index (χ1) is 9.31. The van der Waals surface area contributed by atoms with Crippen molar-refractivity contribution in [3.63, 3.8) is 0 Å². The van der Waals surface area contributed by atoms with Crippen molar-refractivity contribution in [2.24, 2.45) is 0 Å². The summed E-state index contributed by atoms with van der Waals surface area (Å²) in [6, 6.07) is 6.27. The number of alkyl halides is 1. The Kier molecular flexibility index (Phi) is 6.02. The third kappa shape index (κ3) is 4.41. The van der Waals surface area contributed by atoms with Gasteiger partial charge in [0.2, 0.25) is 0 Å². The quantitative estimate of drug-likeness (QED) is 0.503. The fourth-order valence-electron chi connectivity index (χ4n) is 2.35. The van der Waals surface area contributed by atoms with Crippen LogP contribution in [-0.4, -0.2) is 13.2 Å². The van der Waals surface area contributed by atoms with E-state index in [4.69, 9.17) is 9.47 Å². The highest BCUT2D eigenvalue weighted by atomic mass is 79.9. The van der Waals surface area contributed by atoms with E-state index in [0.717, 1.165) is 11.5 Å². The molecule has 1 aliphatic rings. The highest BCUT2D eigenvalue weighted by Gasteiger charge is 2.14. The van der Waals surface area contributed by atoms with E-state index in [1.807, 2.05) is 6.07 Å². The van der Waals surface area contributed by atoms with Crippen LogP contribution in [0.1, 0.15) is 55.8 Å². The summed E-state index contributed by atoms with van der Waals surface area (Å²) < 4.78 is 11.2. The molecule has 0 aromatic heterocycles. The Hall–Kier alpha value is -0.700. The molecule has 1 unspecified atom stereocenters. The SMILES string of the molecule is CCCCCCCC(Br)c1ccc2c(c1)OCCO2. The van der Waals surface area contributed by atoms with Crippen molar-refractivity contribution in [2.75, 3.05) is 13.2 Å². The molecule has 0 fully saturated rings. The Morgan fingerprint density at radius 1 is 1.05 bits per heavy atom. The Morgan fingerprint density at radius 2 is 1.79 bits per heavy atom. The fourth-order valence-corrected chi connectivity index (χ4v) is 2.96. The highest BCUT2D eigenvalue weighted by molar-refractivity contribution is 9.09. The fraction of sp³-hybridized carbons (Fsp3) is 0.625. The normalized spacial score (nSPS) is 15.3. The van der Waals surface area contributed by atoms with E-state index in [-0.39, 0.29) is 0 Å². The molecular weight excluding hydrogens is 304 g/mol. The molecule has 1 atom stereocenters. The maximum absolute atomic E-state index is 5.63. The zero-order chi connectivity index (χ0) is 13.5. The summed E-state index contributed by atoms with van der Waals surface area (Å²) in [6.45, 7) is 3.56. The van der Waals surface area contributed by atoms with E-state index < -0.39 is 0 Å². The molecule has 19 heavy (non-hydrogen) atoms. The van der Waals surface area contributed by atoms with Gasteiger partial charge in [-0.15, -0.1) is 0 Å². The Morgan fingerprint density at radius 3 is 2.58 bits per heavy atom. The van der Waals surface area contributed by atoms with Crippen molar-refractivity contribution in [3.8, 4) is 11.5 Å². The topological polar surface area (TPSA) is 18.5 Å². The minimum absolute atomic E-state index is 0.421. The smallest absolute Gasteiger partial charge is 0.161 e. The first-order valence-electron chi connectivity index (χ1n) is 7.35. The summed E-state index contributed by atoms with van der Waals surface area (Å²) in [5.74, 6) is 1.76. The highest BCUT2D eigenvalue weighted by Crippen LogP contribution is 2.36. The van der Waals surface area contributed by atoms with E-state index in [1.54, 1.807) is 0 Å². The first-order valence-corrected chi connectivity index (χ1v) is 8.26. The van der Waals surface area contributed by atoms with E-state index in [0.29, 0.717) is 18.0 Å². The molecule has 0 amide bonds. The number of ether oxygens (including phenoxy) is 2. The van der Waals surface area contributed by atoms with Crippen LogP contribution in [0.2, 0.25) is 0 Å². The Bertz CT molecular complexity index is 392. The zero-order valence-corrected chi connectivity index (χ0v) is 13.2. The number of benzene rings is 1. The van der Waals surface area contributed by atoms with Crippen LogP contribution in [0.25, 0.3) is 0 Å². The summed E-state index contributed by atoms with van der Waals surface area (Å²) >= 11 is 3.79. The lowest BCUT2D eigenvalue weighted by Crippen LogP contribution is -2.15. The number of halogens is 1. The molecule has 0 N–H and O–H groups in total. The standard InChI is InChI=1S/C16H23BrO2/c1-2-3-4-5-6-7-14(17)13-8-9-15-16(12-13)19-11-10-18-15/h8-9,12,14H,2-7,10-11H2,1H3. The van der Waals surface area contributed by atoms with Gasteiger partial charge in [0.05, 0.1) is 0 Å². The maximum atomic E-state index is 5.63. The van der Waals surface area contributed by atoms with Gasteiger partial charge in [0, 0.05) is 4.83 Å². The number of unbranched alkanes of at least 4 members (excludes halogenated alkanes) is 4. The van der Waals surface area contributed by atoms with Crippen molar-refractivity contribution < 1.29 is 9.47 Å². The summed E-state index contributed by atoms with van der Waals surface area (Å²) in [4.78, 5) is 0.421.